The van der Waals surface area contributed by atoms with Gasteiger partial charge in [0.25, 0.3) is 0 Å². The van der Waals surface area contributed by atoms with E-state index in [0.717, 1.165) is 53.2 Å². The minimum Gasteiger partial charge on any atom is -0.463 e. The van der Waals surface area contributed by atoms with Crippen LogP contribution in [0.1, 0.15) is 47.6 Å². The number of carbonyl (C=O) groups excluding carboxylic acids is 1. The average molecular weight is 729 g/mol. The molecule has 260 valence electrons. The quantitative estimate of drug-likeness (QED) is 0.156. The van der Waals surface area contributed by atoms with Crippen molar-refractivity contribution >= 4 is 50.5 Å². The van der Waals surface area contributed by atoms with Crippen molar-refractivity contribution in [3.63, 3.8) is 0 Å². The molecule has 0 radical (unpaired) electrons. The molecule has 6 aromatic heterocycles. The van der Waals surface area contributed by atoms with Gasteiger partial charge in [0.05, 0.1) is 56.6 Å². The van der Waals surface area contributed by atoms with Gasteiger partial charge in [-0.3, -0.25) is 4.79 Å². The van der Waals surface area contributed by atoms with Crippen molar-refractivity contribution in [1.29, 1.82) is 0 Å². The second-order valence-corrected chi connectivity index (χ2v) is 15.2. The summed E-state index contributed by atoms with van der Waals surface area (Å²) in [6, 6.07) is 23.4. The third-order valence-electron chi connectivity index (χ3n) is 9.96. The number of aromatic amines is 2. The number of ether oxygens (including phenoxy) is 2. The molecule has 11 nitrogen and oxygen atoms in total. The maximum Gasteiger partial charge on any atom is 0.167 e. The highest BCUT2D eigenvalue weighted by atomic mass is 32.1. The number of ketones is 1. The number of para-hydroxylation sites is 4. The maximum atomic E-state index is 14.4. The number of thiazole rings is 2. The van der Waals surface area contributed by atoms with E-state index in [9.17, 15) is 4.79 Å². The van der Waals surface area contributed by atoms with Crippen LogP contribution in [0.4, 0.5) is 0 Å². The molecule has 13 heteroatoms. The molecular formula is C39H32N6O5S2. The number of nitrogens with one attached hydrogen (secondary N) is 2. The van der Waals surface area contributed by atoms with Crippen LogP contribution in [-0.4, -0.2) is 48.9 Å². The number of H-pyrrole nitrogens is 2. The van der Waals surface area contributed by atoms with Gasteiger partial charge in [-0.1, -0.05) is 24.3 Å². The lowest BCUT2D eigenvalue weighted by atomic mass is 9.80. The molecule has 4 atom stereocenters. The third kappa shape index (κ3) is 5.70. The number of fused-ring (bicyclic) bond motifs is 2. The standard InChI is InChI=1S/C39H32N6O5S2/c46-33(21-13-17-49-29(19-21)34-31(27-11-5-15-47-27)44-38(51-34)36-40-23-7-1-2-8-24(23)41-36)22-14-18-50-30(20-22)35-32(28-12-6-16-48-28)45-39(52-35)37-42-25-9-3-4-10-26(25)43-37/h1-12,15-16,21-22,29-30H,13-14,17-20H2,(H,40,41)(H,42,43). The number of Topliss-reactive ketones (excluding diaryl/α,β-unsaturated/α-hetero) is 1. The van der Waals surface area contributed by atoms with Crippen molar-refractivity contribution in [3.05, 3.63) is 95.1 Å². The summed E-state index contributed by atoms with van der Waals surface area (Å²) in [6.45, 7) is 0.975. The maximum absolute atomic E-state index is 14.4. The van der Waals surface area contributed by atoms with Crippen molar-refractivity contribution in [1.82, 2.24) is 29.9 Å². The van der Waals surface area contributed by atoms with Gasteiger partial charge in [-0.25, -0.2) is 19.9 Å². The molecule has 8 aromatic rings. The molecule has 2 aliphatic heterocycles. The molecule has 2 fully saturated rings. The number of nitrogens with zero attached hydrogens (tertiary/aromatic N) is 4. The van der Waals surface area contributed by atoms with Gasteiger partial charge in [-0.15, -0.1) is 22.7 Å². The number of benzene rings is 2. The van der Waals surface area contributed by atoms with Crippen LogP contribution in [-0.2, 0) is 14.3 Å². The van der Waals surface area contributed by atoms with Gasteiger partial charge in [0.2, 0.25) is 0 Å². The second kappa shape index (κ2) is 13.1. The van der Waals surface area contributed by atoms with E-state index in [-0.39, 0.29) is 29.8 Å². The molecule has 8 heterocycles. The van der Waals surface area contributed by atoms with E-state index in [0.29, 0.717) is 62.1 Å². The smallest absolute Gasteiger partial charge is 0.167 e. The Balaban J connectivity index is 0.915. The van der Waals surface area contributed by atoms with Gasteiger partial charge in [0.15, 0.2) is 33.2 Å². The van der Waals surface area contributed by atoms with E-state index >= 15 is 0 Å². The van der Waals surface area contributed by atoms with Crippen LogP contribution in [0, 0.1) is 11.8 Å². The highest BCUT2D eigenvalue weighted by Gasteiger charge is 2.39. The molecule has 0 amide bonds. The number of hydrogen-bond acceptors (Lipinski definition) is 11. The lowest BCUT2D eigenvalue weighted by Gasteiger charge is -2.34. The largest absolute Gasteiger partial charge is 0.463 e. The Morgan fingerprint density at radius 2 is 1.10 bits per heavy atom. The van der Waals surface area contributed by atoms with E-state index in [4.69, 9.17) is 38.2 Å². The van der Waals surface area contributed by atoms with E-state index in [1.807, 2.05) is 72.8 Å². The fourth-order valence-corrected chi connectivity index (χ4v) is 9.55. The summed E-state index contributed by atoms with van der Waals surface area (Å²) in [5, 5.41) is 1.50. The van der Waals surface area contributed by atoms with Crippen LogP contribution in [0.2, 0.25) is 0 Å². The first-order valence-corrected chi connectivity index (χ1v) is 19.0. The van der Waals surface area contributed by atoms with Crippen molar-refractivity contribution in [2.24, 2.45) is 11.8 Å². The SMILES string of the molecule is O=C(C1CCOC(c2sc(-c3nc4ccccc4[nH]3)nc2-c2ccco2)C1)C1CCOC(c2sc(-c3nc4ccccc4[nH]3)nc2-c2ccco2)C1. The Labute approximate surface area is 305 Å². The molecular weight excluding hydrogens is 697 g/mol. The van der Waals surface area contributed by atoms with E-state index in [1.165, 1.54) is 22.7 Å². The molecule has 0 spiro atoms. The minimum absolute atomic E-state index is 0.152. The summed E-state index contributed by atoms with van der Waals surface area (Å²) in [4.78, 5) is 42.6. The van der Waals surface area contributed by atoms with Crippen LogP contribution >= 0.6 is 22.7 Å². The lowest BCUT2D eigenvalue weighted by Crippen LogP contribution is -2.34. The van der Waals surface area contributed by atoms with Crippen molar-refractivity contribution in [2.45, 2.75) is 37.9 Å². The summed E-state index contributed by atoms with van der Waals surface area (Å²) in [5.74, 6) is 2.69. The predicted octanol–water partition coefficient (Wildman–Crippen LogP) is 9.41. The molecule has 2 N–H and O–H groups in total. The molecule has 0 saturated carbocycles. The Kier molecular flexibility index (Phi) is 7.93. The number of imidazole rings is 2. The van der Waals surface area contributed by atoms with Gasteiger partial charge in [0.1, 0.15) is 17.2 Å². The zero-order valence-corrected chi connectivity index (χ0v) is 29.4. The van der Waals surface area contributed by atoms with Gasteiger partial charge in [0, 0.05) is 25.0 Å². The van der Waals surface area contributed by atoms with Crippen molar-refractivity contribution < 1.29 is 23.1 Å². The topological polar surface area (TPSA) is 145 Å². The highest BCUT2D eigenvalue weighted by molar-refractivity contribution is 7.15. The van der Waals surface area contributed by atoms with Gasteiger partial charge in [-0.05, 0) is 74.2 Å². The highest BCUT2D eigenvalue weighted by Crippen LogP contribution is 2.46. The molecule has 2 saturated heterocycles. The van der Waals surface area contributed by atoms with E-state index < -0.39 is 0 Å². The zero-order chi connectivity index (χ0) is 34.6. The first kappa shape index (κ1) is 31.5. The number of hydrogen-bond donors (Lipinski definition) is 2. The molecule has 2 aliphatic rings. The van der Waals surface area contributed by atoms with E-state index in [1.54, 1.807) is 12.5 Å². The summed E-state index contributed by atoms with van der Waals surface area (Å²) in [6.07, 6.45) is 5.20. The summed E-state index contributed by atoms with van der Waals surface area (Å²) in [7, 11) is 0. The molecule has 4 unspecified atom stereocenters. The molecule has 0 aliphatic carbocycles. The zero-order valence-electron chi connectivity index (χ0n) is 27.8. The Morgan fingerprint density at radius 3 is 1.54 bits per heavy atom. The van der Waals surface area contributed by atoms with Gasteiger partial charge >= 0.3 is 0 Å². The van der Waals surface area contributed by atoms with Crippen LogP contribution < -0.4 is 0 Å². The normalized spacial score (nSPS) is 20.9. The van der Waals surface area contributed by atoms with Gasteiger partial charge in [-0.2, -0.15) is 0 Å². The third-order valence-corrected chi connectivity index (χ3v) is 12.3. The number of carbonyl (C=O) groups is 1. The van der Waals surface area contributed by atoms with Crippen LogP contribution in [0.5, 0.6) is 0 Å². The molecule has 10 rings (SSSR count). The number of aromatic nitrogens is 6. The Morgan fingerprint density at radius 1 is 0.615 bits per heavy atom. The van der Waals surface area contributed by atoms with Gasteiger partial charge < -0.3 is 28.3 Å². The Hall–Kier alpha value is -5.21. The van der Waals surface area contributed by atoms with Crippen LogP contribution in [0.3, 0.4) is 0 Å². The fourth-order valence-electron chi connectivity index (χ4n) is 7.40. The first-order chi connectivity index (χ1) is 25.6. The minimum atomic E-state index is -0.299. The van der Waals surface area contributed by atoms with Crippen LogP contribution in [0.25, 0.3) is 66.6 Å². The summed E-state index contributed by atoms with van der Waals surface area (Å²) < 4.78 is 24.4. The summed E-state index contributed by atoms with van der Waals surface area (Å²) in [5.41, 5.74) is 5.11. The van der Waals surface area contributed by atoms with Crippen LogP contribution in [0.15, 0.2) is 94.2 Å². The average Bonchev–Trinajstić information content (AvgIpc) is 4.03. The molecule has 0 bridgehead atoms. The fraction of sp³-hybridized carbons (Fsp3) is 0.256. The lowest BCUT2D eigenvalue weighted by molar-refractivity contribution is -0.137. The monoisotopic (exact) mass is 728 g/mol. The molecule has 52 heavy (non-hydrogen) atoms. The second-order valence-electron chi connectivity index (χ2n) is 13.2. The number of rotatable bonds is 8. The molecule has 2 aromatic carbocycles. The number of furan rings is 2. The van der Waals surface area contributed by atoms with Crippen molar-refractivity contribution in [3.8, 4) is 44.6 Å². The van der Waals surface area contributed by atoms with E-state index in [2.05, 4.69) is 9.97 Å². The summed E-state index contributed by atoms with van der Waals surface area (Å²) >= 11 is 3.08. The predicted molar refractivity (Wildman–Crippen MR) is 198 cm³/mol. The Bertz CT molecular complexity index is 2270. The van der Waals surface area contributed by atoms with Crippen molar-refractivity contribution in [2.75, 3.05) is 13.2 Å². The first-order valence-electron chi connectivity index (χ1n) is 17.4.